The van der Waals surface area contributed by atoms with Gasteiger partial charge in [-0.1, -0.05) is 11.6 Å². The van der Waals surface area contributed by atoms with Gasteiger partial charge in [0.15, 0.2) is 5.69 Å². The first-order valence-corrected chi connectivity index (χ1v) is 10.9. The fourth-order valence-corrected chi connectivity index (χ4v) is 6.00. The lowest BCUT2D eigenvalue weighted by Crippen LogP contribution is -2.53. The average molecular weight is 445 g/mol. The van der Waals surface area contributed by atoms with E-state index in [1.165, 1.54) is 25.7 Å². The average Bonchev–Trinajstić information content (AvgIpc) is 3.44. The second-order valence-corrected chi connectivity index (χ2v) is 9.02. The number of carbonyl (C=O) groups excluding carboxylic acids is 1. The van der Waals surface area contributed by atoms with Crippen molar-refractivity contribution in [1.82, 2.24) is 30.1 Å². The number of amides is 1. The molecular formula is C20H34Cl2N6O. The highest BCUT2D eigenvalue weighted by Crippen LogP contribution is 2.46. The molecule has 3 heterocycles. The van der Waals surface area contributed by atoms with E-state index in [0.717, 1.165) is 75.7 Å². The molecule has 3 unspecified atom stereocenters. The van der Waals surface area contributed by atoms with Crippen LogP contribution in [0, 0.1) is 18.8 Å². The Kier molecular flexibility index (Phi) is 7.46. The minimum Gasteiger partial charge on any atom is -0.335 e. The van der Waals surface area contributed by atoms with Gasteiger partial charge in [0.1, 0.15) is 0 Å². The molecule has 164 valence electrons. The van der Waals surface area contributed by atoms with Gasteiger partial charge >= 0.3 is 0 Å². The van der Waals surface area contributed by atoms with Crippen molar-refractivity contribution in [3.8, 4) is 0 Å². The fourth-order valence-electron chi connectivity index (χ4n) is 6.00. The molecule has 9 heteroatoms. The Morgan fingerprint density at radius 2 is 1.72 bits per heavy atom. The zero-order chi connectivity index (χ0) is 18.4. The third kappa shape index (κ3) is 4.29. The fraction of sp³-hybridized carbons (Fsp3) is 0.850. The molecule has 1 aromatic rings. The molecule has 2 saturated carbocycles. The second-order valence-electron chi connectivity index (χ2n) is 9.02. The summed E-state index contributed by atoms with van der Waals surface area (Å²) in [7, 11) is 0. The Hall–Kier alpha value is -0.890. The van der Waals surface area contributed by atoms with Crippen molar-refractivity contribution in [2.45, 2.75) is 57.5 Å². The largest absolute Gasteiger partial charge is 0.335 e. The van der Waals surface area contributed by atoms with Gasteiger partial charge in [0, 0.05) is 32.2 Å². The number of nitrogens with zero attached hydrogens (tertiary/aromatic N) is 5. The van der Waals surface area contributed by atoms with Gasteiger partial charge in [0.05, 0.1) is 11.7 Å². The van der Waals surface area contributed by atoms with E-state index in [-0.39, 0.29) is 30.7 Å². The summed E-state index contributed by atoms with van der Waals surface area (Å²) in [6.07, 6.45) is 7.82. The number of halogens is 2. The molecule has 2 bridgehead atoms. The van der Waals surface area contributed by atoms with Gasteiger partial charge in [-0.15, -0.1) is 29.9 Å². The third-order valence-electron chi connectivity index (χ3n) is 7.56. The molecule has 0 aromatic carbocycles. The lowest BCUT2D eigenvalue weighted by molar-refractivity contribution is 0.0490. The zero-order valence-corrected chi connectivity index (χ0v) is 18.9. The van der Waals surface area contributed by atoms with Gasteiger partial charge in [-0.2, -0.15) is 0 Å². The molecule has 4 fully saturated rings. The van der Waals surface area contributed by atoms with Crippen molar-refractivity contribution < 1.29 is 4.79 Å². The van der Waals surface area contributed by atoms with Crippen molar-refractivity contribution in [3.63, 3.8) is 0 Å². The molecule has 29 heavy (non-hydrogen) atoms. The standard InChI is InChI=1S/C20H32N6O.2ClH/c1-14-19(22-23-26(14)17-4-6-21-7-5-17)20(27)25-10-8-24(9-11-25)18-13-15-2-3-16(18)12-15;;/h15-18,21H,2-13H2,1H3;2*1H. The number of rotatable bonds is 3. The highest BCUT2D eigenvalue weighted by molar-refractivity contribution is 5.93. The predicted molar refractivity (Wildman–Crippen MR) is 117 cm³/mol. The molecule has 2 aliphatic heterocycles. The summed E-state index contributed by atoms with van der Waals surface area (Å²) in [5, 5.41) is 12.0. The van der Waals surface area contributed by atoms with Crippen LogP contribution in [0.1, 0.15) is 60.7 Å². The maximum Gasteiger partial charge on any atom is 0.276 e. The number of hydrogen-bond donors (Lipinski definition) is 1. The van der Waals surface area contributed by atoms with E-state index in [1.54, 1.807) is 0 Å². The van der Waals surface area contributed by atoms with Crippen molar-refractivity contribution in [2.75, 3.05) is 39.3 Å². The number of fused-ring (bicyclic) bond motifs is 2. The highest BCUT2D eigenvalue weighted by atomic mass is 35.5. The van der Waals surface area contributed by atoms with E-state index >= 15 is 0 Å². The van der Waals surface area contributed by atoms with E-state index in [4.69, 9.17) is 0 Å². The number of piperazine rings is 1. The van der Waals surface area contributed by atoms with Crippen LogP contribution in [0.2, 0.25) is 0 Å². The van der Waals surface area contributed by atoms with Gasteiger partial charge in [0.2, 0.25) is 0 Å². The van der Waals surface area contributed by atoms with E-state index in [0.29, 0.717) is 11.7 Å². The van der Waals surface area contributed by atoms with Crippen molar-refractivity contribution in [3.05, 3.63) is 11.4 Å². The monoisotopic (exact) mass is 444 g/mol. The number of hydrogen-bond acceptors (Lipinski definition) is 5. The van der Waals surface area contributed by atoms with E-state index < -0.39 is 0 Å². The Morgan fingerprint density at radius 1 is 1.00 bits per heavy atom. The van der Waals surface area contributed by atoms with Gasteiger partial charge < -0.3 is 10.2 Å². The Labute approximate surface area is 185 Å². The van der Waals surface area contributed by atoms with Crippen molar-refractivity contribution in [2.24, 2.45) is 11.8 Å². The van der Waals surface area contributed by atoms with Gasteiger partial charge in [-0.25, -0.2) is 4.68 Å². The summed E-state index contributed by atoms with van der Waals surface area (Å²) < 4.78 is 1.99. The third-order valence-corrected chi connectivity index (χ3v) is 7.56. The molecule has 1 aromatic heterocycles. The summed E-state index contributed by atoms with van der Waals surface area (Å²) in [4.78, 5) is 17.7. The van der Waals surface area contributed by atoms with E-state index in [2.05, 4.69) is 20.5 Å². The van der Waals surface area contributed by atoms with Crippen molar-refractivity contribution >= 4 is 30.7 Å². The summed E-state index contributed by atoms with van der Waals surface area (Å²) >= 11 is 0. The molecular weight excluding hydrogens is 411 g/mol. The second kappa shape index (κ2) is 9.50. The Morgan fingerprint density at radius 3 is 2.34 bits per heavy atom. The molecule has 5 rings (SSSR count). The summed E-state index contributed by atoms with van der Waals surface area (Å²) in [5.41, 5.74) is 1.49. The predicted octanol–water partition coefficient (Wildman–Crippen LogP) is 2.30. The molecule has 4 aliphatic rings. The molecule has 2 aliphatic carbocycles. The maximum absolute atomic E-state index is 13.1. The molecule has 1 N–H and O–H groups in total. The summed E-state index contributed by atoms with van der Waals surface area (Å²) in [5.74, 6) is 1.97. The smallest absolute Gasteiger partial charge is 0.276 e. The molecule has 1 amide bonds. The highest BCUT2D eigenvalue weighted by Gasteiger charge is 2.43. The van der Waals surface area contributed by atoms with Crippen LogP contribution in [0.4, 0.5) is 0 Å². The molecule has 7 nitrogen and oxygen atoms in total. The number of carbonyl (C=O) groups is 1. The van der Waals surface area contributed by atoms with Crippen molar-refractivity contribution in [1.29, 1.82) is 0 Å². The lowest BCUT2D eigenvalue weighted by Gasteiger charge is -2.40. The topological polar surface area (TPSA) is 66.3 Å². The minimum absolute atomic E-state index is 0. The number of nitrogens with one attached hydrogen (secondary N) is 1. The van der Waals surface area contributed by atoms with Crippen LogP contribution in [0.15, 0.2) is 0 Å². The van der Waals surface area contributed by atoms with Crippen LogP contribution >= 0.6 is 24.8 Å². The first kappa shape index (κ1) is 22.8. The summed E-state index contributed by atoms with van der Waals surface area (Å²) in [6.45, 7) is 7.71. The van der Waals surface area contributed by atoms with Crippen LogP contribution in [0.3, 0.4) is 0 Å². The molecule has 2 saturated heterocycles. The number of aromatic nitrogens is 3. The van der Waals surface area contributed by atoms with Crippen LogP contribution in [0.5, 0.6) is 0 Å². The molecule has 0 radical (unpaired) electrons. The zero-order valence-electron chi connectivity index (χ0n) is 17.3. The minimum atomic E-state index is 0. The number of piperidine rings is 1. The molecule has 0 spiro atoms. The SMILES string of the molecule is Cc1c(C(=O)N2CCN(C3CC4CCC3C4)CC2)nnn1C1CCNCC1.Cl.Cl. The van der Waals surface area contributed by atoms with Crippen LogP contribution in [-0.4, -0.2) is 76.0 Å². The Balaban J connectivity index is 0.00000120. The van der Waals surface area contributed by atoms with Crippen LogP contribution in [0.25, 0.3) is 0 Å². The van der Waals surface area contributed by atoms with Gasteiger partial charge in [-0.3, -0.25) is 9.69 Å². The molecule has 3 atom stereocenters. The first-order valence-electron chi connectivity index (χ1n) is 10.9. The lowest BCUT2D eigenvalue weighted by atomic mass is 9.93. The normalized spacial score (nSPS) is 30.1. The maximum atomic E-state index is 13.1. The van der Waals surface area contributed by atoms with E-state index in [1.807, 2.05) is 16.5 Å². The van der Waals surface area contributed by atoms with Crippen LogP contribution < -0.4 is 5.32 Å². The van der Waals surface area contributed by atoms with Crippen LogP contribution in [-0.2, 0) is 0 Å². The summed E-state index contributed by atoms with van der Waals surface area (Å²) in [6, 6.07) is 1.15. The van der Waals surface area contributed by atoms with Gasteiger partial charge in [-0.05, 0) is 64.0 Å². The van der Waals surface area contributed by atoms with Gasteiger partial charge in [0.25, 0.3) is 5.91 Å². The van der Waals surface area contributed by atoms with E-state index in [9.17, 15) is 4.79 Å². The quantitative estimate of drug-likeness (QED) is 0.774. The Bertz CT molecular complexity index is 699. The first-order chi connectivity index (χ1) is 13.2.